The predicted octanol–water partition coefficient (Wildman–Crippen LogP) is 1.83. The van der Waals surface area contributed by atoms with Crippen molar-refractivity contribution in [1.29, 1.82) is 0 Å². The van der Waals surface area contributed by atoms with Crippen molar-refractivity contribution < 1.29 is 4.74 Å². The molecule has 2 atom stereocenters. The third-order valence-electron chi connectivity index (χ3n) is 2.54. The third-order valence-corrected chi connectivity index (χ3v) is 3.48. The number of nitrogens with one attached hydrogen (secondary N) is 1. The van der Waals surface area contributed by atoms with Crippen LogP contribution in [0.1, 0.15) is 24.5 Å². The van der Waals surface area contributed by atoms with E-state index in [0.717, 1.165) is 24.7 Å². The zero-order chi connectivity index (χ0) is 9.80. The highest BCUT2D eigenvalue weighted by Crippen LogP contribution is 2.20. The molecule has 78 valence electrons. The average Bonchev–Trinajstić information content (AvgIpc) is 2.87. The van der Waals surface area contributed by atoms with Crippen molar-refractivity contribution in [3.8, 4) is 0 Å². The lowest BCUT2D eigenvalue weighted by Gasteiger charge is -2.13. The van der Waals surface area contributed by atoms with Gasteiger partial charge in [0.05, 0.1) is 6.61 Å². The molecule has 0 spiro atoms. The van der Waals surface area contributed by atoms with Crippen LogP contribution < -0.4 is 5.32 Å². The summed E-state index contributed by atoms with van der Waals surface area (Å²) in [5, 5.41) is 6.41. The third kappa shape index (κ3) is 2.53. The van der Waals surface area contributed by atoms with Crippen molar-refractivity contribution >= 4 is 11.3 Å². The number of hydrogen-bond donors (Lipinski definition) is 1. The van der Waals surface area contributed by atoms with E-state index in [0.29, 0.717) is 5.92 Å². The van der Waals surface area contributed by atoms with Gasteiger partial charge in [0, 0.05) is 18.1 Å². The highest BCUT2D eigenvalue weighted by Gasteiger charge is 2.16. The molecular weight excluding hydrogens is 196 g/mol. The first-order chi connectivity index (χ1) is 6.86. The predicted molar refractivity (Wildman–Crippen MR) is 57.5 cm³/mol. The van der Waals surface area contributed by atoms with Gasteiger partial charge in [-0.1, -0.05) is 0 Å². The largest absolute Gasteiger partial charge is 0.371 e. The number of rotatable bonds is 4. The minimum absolute atomic E-state index is 0.149. The van der Waals surface area contributed by atoms with Gasteiger partial charge in [-0.15, -0.1) is 11.3 Å². The number of ether oxygens (including phenoxy) is 1. The lowest BCUT2D eigenvalue weighted by Crippen LogP contribution is -2.15. The first kappa shape index (κ1) is 10.1. The van der Waals surface area contributed by atoms with Crippen molar-refractivity contribution in [2.75, 3.05) is 19.7 Å². The Bertz CT molecular complexity index is 257. The Labute approximate surface area is 88.5 Å². The van der Waals surface area contributed by atoms with Gasteiger partial charge in [-0.2, -0.15) is 0 Å². The molecule has 0 unspecified atom stereocenters. The monoisotopic (exact) mass is 212 g/mol. The van der Waals surface area contributed by atoms with E-state index in [1.807, 2.05) is 11.6 Å². The van der Waals surface area contributed by atoms with Crippen molar-refractivity contribution in [1.82, 2.24) is 10.3 Å². The molecule has 1 aliphatic rings. The Kier molecular flexibility index (Phi) is 3.50. The van der Waals surface area contributed by atoms with Gasteiger partial charge in [-0.3, -0.25) is 0 Å². The van der Waals surface area contributed by atoms with Crippen molar-refractivity contribution in [3.63, 3.8) is 0 Å². The molecule has 1 saturated heterocycles. The fraction of sp³-hybridized carbons (Fsp3) is 0.700. The maximum Gasteiger partial charge on any atom is 0.121 e. The second-order valence-corrected chi connectivity index (χ2v) is 4.63. The van der Waals surface area contributed by atoms with E-state index < -0.39 is 0 Å². The van der Waals surface area contributed by atoms with Gasteiger partial charge in [0.15, 0.2) is 0 Å². The Hall–Kier alpha value is -0.450. The topological polar surface area (TPSA) is 34.1 Å². The second-order valence-electron chi connectivity index (χ2n) is 3.70. The van der Waals surface area contributed by atoms with Crippen LogP contribution in [0.3, 0.4) is 0 Å². The van der Waals surface area contributed by atoms with Crippen LogP contribution in [0.2, 0.25) is 0 Å². The Morgan fingerprint density at radius 3 is 3.36 bits per heavy atom. The normalized spacial score (nSPS) is 23.9. The minimum atomic E-state index is 0.149. The van der Waals surface area contributed by atoms with E-state index in [-0.39, 0.29) is 6.10 Å². The molecule has 0 saturated carbocycles. The van der Waals surface area contributed by atoms with Gasteiger partial charge in [0.2, 0.25) is 0 Å². The lowest BCUT2D eigenvalue weighted by atomic mass is 10.1. The summed E-state index contributed by atoms with van der Waals surface area (Å²) in [5.41, 5.74) is 0. The molecule has 1 aliphatic heterocycles. The SMILES string of the molecule is C[C@@H](OC[C@H]1CCNC1)c1nccs1. The van der Waals surface area contributed by atoms with Crippen LogP contribution in [0.15, 0.2) is 11.6 Å². The maximum absolute atomic E-state index is 5.78. The molecule has 14 heavy (non-hydrogen) atoms. The minimum Gasteiger partial charge on any atom is -0.371 e. The molecule has 0 bridgehead atoms. The Morgan fingerprint density at radius 2 is 2.71 bits per heavy atom. The molecule has 1 fully saturated rings. The van der Waals surface area contributed by atoms with Crippen molar-refractivity contribution in [2.45, 2.75) is 19.4 Å². The van der Waals surface area contributed by atoms with Gasteiger partial charge < -0.3 is 10.1 Å². The van der Waals surface area contributed by atoms with Crippen molar-refractivity contribution in [2.24, 2.45) is 5.92 Å². The summed E-state index contributed by atoms with van der Waals surface area (Å²) in [4.78, 5) is 4.24. The molecule has 3 nitrogen and oxygen atoms in total. The fourth-order valence-corrected chi connectivity index (χ4v) is 2.29. The van der Waals surface area contributed by atoms with Gasteiger partial charge in [0.25, 0.3) is 0 Å². The maximum atomic E-state index is 5.78. The number of hydrogen-bond acceptors (Lipinski definition) is 4. The van der Waals surface area contributed by atoms with E-state index in [9.17, 15) is 0 Å². The molecule has 1 aromatic heterocycles. The zero-order valence-corrected chi connectivity index (χ0v) is 9.22. The first-order valence-electron chi connectivity index (χ1n) is 5.08. The molecule has 1 N–H and O–H groups in total. The number of thiazole rings is 1. The summed E-state index contributed by atoms with van der Waals surface area (Å²) in [6, 6.07) is 0. The summed E-state index contributed by atoms with van der Waals surface area (Å²) in [6.07, 6.45) is 3.22. The summed E-state index contributed by atoms with van der Waals surface area (Å²) in [6.45, 7) is 5.17. The van der Waals surface area contributed by atoms with Crippen molar-refractivity contribution in [3.05, 3.63) is 16.6 Å². The zero-order valence-electron chi connectivity index (χ0n) is 8.40. The summed E-state index contributed by atoms with van der Waals surface area (Å²) < 4.78 is 5.78. The van der Waals surface area contributed by atoms with Gasteiger partial charge in [0.1, 0.15) is 11.1 Å². The summed E-state index contributed by atoms with van der Waals surface area (Å²) in [5.74, 6) is 0.692. The molecule has 0 aliphatic carbocycles. The number of nitrogens with zero attached hydrogens (tertiary/aromatic N) is 1. The fourth-order valence-electron chi connectivity index (χ4n) is 1.64. The molecule has 1 aromatic rings. The van der Waals surface area contributed by atoms with Crippen LogP contribution in [0, 0.1) is 5.92 Å². The van der Waals surface area contributed by atoms with Crippen LogP contribution in [0.25, 0.3) is 0 Å². The van der Waals surface area contributed by atoms with E-state index >= 15 is 0 Å². The lowest BCUT2D eigenvalue weighted by molar-refractivity contribution is 0.0434. The van der Waals surface area contributed by atoms with Gasteiger partial charge >= 0.3 is 0 Å². The molecule has 2 heterocycles. The van der Waals surface area contributed by atoms with E-state index in [2.05, 4.69) is 17.2 Å². The van der Waals surface area contributed by atoms with Crippen LogP contribution in [-0.2, 0) is 4.74 Å². The standard InChI is InChI=1S/C10H16N2OS/c1-8(10-12-4-5-14-10)13-7-9-2-3-11-6-9/h4-5,8-9,11H,2-3,6-7H2,1H3/t8-,9+/m1/s1. The summed E-state index contributed by atoms with van der Waals surface area (Å²) >= 11 is 1.66. The number of aromatic nitrogens is 1. The Morgan fingerprint density at radius 1 is 1.79 bits per heavy atom. The molecule has 2 rings (SSSR count). The quantitative estimate of drug-likeness (QED) is 0.827. The van der Waals surface area contributed by atoms with E-state index in [4.69, 9.17) is 4.74 Å². The average molecular weight is 212 g/mol. The molecule has 0 amide bonds. The van der Waals surface area contributed by atoms with Crippen LogP contribution >= 0.6 is 11.3 Å². The second kappa shape index (κ2) is 4.87. The van der Waals surface area contributed by atoms with Crippen LogP contribution in [-0.4, -0.2) is 24.7 Å². The molecular formula is C10H16N2OS. The molecule has 4 heteroatoms. The van der Waals surface area contributed by atoms with Gasteiger partial charge in [-0.25, -0.2) is 4.98 Å². The molecule has 0 radical (unpaired) electrons. The van der Waals surface area contributed by atoms with E-state index in [1.54, 1.807) is 11.3 Å². The highest BCUT2D eigenvalue weighted by atomic mass is 32.1. The smallest absolute Gasteiger partial charge is 0.121 e. The summed E-state index contributed by atoms with van der Waals surface area (Å²) in [7, 11) is 0. The molecule has 0 aromatic carbocycles. The van der Waals surface area contributed by atoms with Crippen LogP contribution in [0.5, 0.6) is 0 Å². The van der Waals surface area contributed by atoms with E-state index in [1.165, 1.54) is 6.42 Å². The van der Waals surface area contributed by atoms with Gasteiger partial charge in [-0.05, 0) is 25.8 Å². The first-order valence-corrected chi connectivity index (χ1v) is 5.96. The Balaban J connectivity index is 1.74. The highest BCUT2D eigenvalue weighted by molar-refractivity contribution is 7.09. The van der Waals surface area contributed by atoms with Crippen LogP contribution in [0.4, 0.5) is 0 Å².